The van der Waals surface area contributed by atoms with E-state index in [1.807, 2.05) is 4.90 Å². The number of fused-ring (bicyclic) bond motifs is 1. The Labute approximate surface area is 130 Å². The molecule has 3 fully saturated rings. The van der Waals surface area contributed by atoms with Gasteiger partial charge < -0.3 is 15.5 Å². The molecule has 3 rings (SSSR count). The van der Waals surface area contributed by atoms with E-state index < -0.39 is 5.54 Å². The first-order valence-corrected chi connectivity index (χ1v) is 8.01. The van der Waals surface area contributed by atoms with E-state index in [9.17, 15) is 14.4 Å². The maximum Gasteiger partial charge on any atom is 0.325 e. The van der Waals surface area contributed by atoms with Crippen LogP contribution in [0.5, 0.6) is 0 Å². The molecule has 0 spiro atoms. The lowest BCUT2D eigenvalue weighted by atomic mass is 10.0. The SMILES string of the molecule is CC1(C)NC(=O)N(CCCC(=O)N2C[C@H]3CNC[C@H]3C2)C1=O. The third-order valence-electron chi connectivity index (χ3n) is 4.96. The lowest BCUT2D eigenvalue weighted by Crippen LogP contribution is -2.40. The van der Waals surface area contributed by atoms with Crippen molar-refractivity contribution in [1.29, 1.82) is 0 Å². The van der Waals surface area contributed by atoms with Crippen molar-refractivity contribution in [2.24, 2.45) is 11.8 Å². The van der Waals surface area contributed by atoms with E-state index in [0.717, 1.165) is 26.2 Å². The number of carbonyl (C=O) groups excluding carboxylic acids is 3. The molecule has 7 nitrogen and oxygen atoms in total. The zero-order chi connectivity index (χ0) is 15.9. The van der Waals surface area contributed by atoms with Gasteiger partial charge in [0.15, 0.2) is 0 Å². The van der Waals surface area contributed by atoms with Crippen LogP contribution in [0.2, 0.25) is 0 Å². The van der Waals surface area contributed by atoms with Gasteiger partial charge in [-0.1, -0.05) is 0 Å². The molecule has 0 saturated carbocycles. The number of nitrogens with one attached hydrogen (secondary N) is 2. The molecule has 0 aliphatic carbocycles. The molecule has 2 N–H and O–H groups in total. The maximum atomic E-state index is 12.2. The van der Waals surface area contributed by atoms with Crippen molar-refractivity contribution in [2.45, 2.75) is 32.2 Å². The molecule has 0 radical (unpaired) electrons. The molecular formula is C15H24N4O3. The first-order chi connectivity index (χ1) is 10.4. The zero-order valence-electron chi connectivity index (χ0n) is 13.2. The molecule has 3 aliphatic rings. The fourth-order valence-corrected chi connectivity index (χ4v) is 3.63. The molecule has 0 aromatic rings. The topological polar surface area (TPSA) is 81.8 Å². The second-order valence-electron chi connectivity index (χ2n) is 7.09. The van der Waals surface area contributed by atoms with Crippen LogP contribution in [0.1, 0.15) is 26.7 Å². The first-order valence-electron chi connectivity index (χ1n) is 8.01. The van der Waals surface area contributed by atoms with Crippen molar-refractivity contribution in [3.63, 3.8) is 0 Å². The molecule has 0 aromatic carbocycles. The van der Waals surface area contributed by atoms with E-state index in [4.69, 9.17) is 0 Å². The van der Waals surface area contributed by atoms with Gasteiger partial charge in [-0.25, -0.2) is 4.79 Å². The van der Waals surface area contributed by atoms with Gasteiger partial charge in [0.25, 0.3) is 5.91 Å². The standard InChI is InChI=1S/C15H24N4O3/c1-15(2)13(21)19(14(22)17-15)5-3-4-12(20)18-8-10-6-16-7-11(10)9-18/h10-11,16H,3-9H2,1-2H3,(H,17,22)/t10-,11+. The smallest absolute Gasteiger partial charge is 0.325 e. The second-order valence-corrected chi connectivity index (χ2v) is 7.09. The molecule has 7 heteroatoms. The highest BCUT2D eigenvalue weighted by molar-refractivity contribution is 6.06. The molecule has 122 valence electrons. The van der Waals surface area contributed by atoms with Gasteiger partial charge in [-0.15, -0.1) is 0 Å². The predicted molar refractivity (Wildman–Crippen MR) is 80.0 cm³/mol. The maximum absolute atomic E-state index is 12.2. The Hall–Kier alpha value is -1.63. The summed E-state index contributed by atoms with van der Waals surface area (Å²) in [7, 11) is 0. The highest BCUT2D eigenvalue weighted by Gasteiger charge is 2.44. The lowest BCUT2D eigenvalue weighted by Gasteiger charge is -2.19. The number of rotatable bonds is 4. The summed E-state index contributed by atoms with van der Waals surface area (Å²) in [6.07, 6.45) is 0.919. The van der Waals surface area contributed by atoms with Crippen LogP contribution in [0.25, 0.3) is 0 Å². The Morgan fingerprint density at radius 2 is 1.86 bits per heavy atom. The van der Waals surface area contributed by atoms with Crippen molar-refractivity contribution >= 4 is 17.8 Å². The van der Waals surface area contributed by atoms with E-state index in [2.05, 4.69) is 10.6 Å². The fourth-order valence-electron chi connectivity index (χ4n) is 3.63. The van der Waals surface area contributed by atoms with Crippen LogP contribution in [0.4, 0.5) is 4.79 Å². The average Bonchev–Trinajstić information content (AvgIpc) is 3.06. The number of imide groups is 1. The molecule has 3 saturated heterocycles. The van der Waals surface area contributed by atoms with Crippen molar-refractivity contribution in [3.8, 4) is 0 Å². The minimum absolute atomic E-state index is 0.140. The molecule has 3 aliphatic heterocycles. The molecule has 2 atom stereocenters. The van der Waals surface area contributed by atoms with E-state index >= 15 is 0 Å². The third-order valence-corrected chi connectivity index (χ3v) is 4.96. The quantitative estimate of drug-likeness (QED) is 0.703. The number of hydrogen-bond donors (Lipinski definition) is 2. The summed E-state index contributed by atoms with van der Waals surface area (Å²) in [6, 6.07) is -0.357. The van der Waals surface area contributed by atoms with Crippen molar-refractivity contribution < 1.29 is 14.4 Å². The van der Waals surface area contributed by atoms with Crippen molar-refractivity contribution in [1.82, 2.24) is 20.4 Å². The van der Waals surface area contributed by atoms with Crippen LogP contribution in [-0.4, -0.2) is 65.9 Å². The molecule has 0 aromatic heterocycles. The van der Waals surface area contributed by atoms with Gasteiger partial charge in [0.05, 0.1) is 0 Å². The zero-order valence-corrected chi connectivity index (χ0v) is 13.2. The van der Waals surface area contributed by atoms with E-state index in [1.54, 1.807) is 13.8 Å². The number of amides is 4. The number of hydrogen-bond acceptors (Lipinski definition) is 4. The molecule has 4 amide bonds. The third kappa shape index (κ3) is 2.69. The van der Waals surface area contributed by atoms with Gasteiger partial charge in [-0.05, 0) is 32.1 Å². The number of urea groups is 1. The van der Waals surface area contributed by atoms with Gasteiger partial charge in [0.1, 0.15) is 5.54 Å². The summed E-state index contributed by atoms with van der Waals surface area (Å²) in [5.41, 5.74) is -0.833. The summed E-state index contributed by atoms with van der Waals surface area (Å²) in [4.78, 5) is 39.2. The summed E-state index contributed by atoms with van der Waals surface area (Å²) in [5.74, 6) is 1.11. The van der Waals surface area contributed by atoms with E-state index in [1.165, 1.54) is 4.90 Å². The Kier molecular flexibility index (Phi) is 3.84. The number of carbonyl (C=O) groups is 3. The van der Waals surface area contributed by atoms with Crippen LogP contribution >= 0.6 is 0 Å². The number of likely N-dealkylation sites (tertiary alicyclic amines) is 1. The van der Waals surface area contributed by atoms with Gasteiger partial charge in [-0.2, -0.15) is 0 Å². The van der Waals surface area contributed by atoms with Crippen LogP contribution in [0.3, 0.4) is 0 Å². The van der Waals surface area contributed by atoms with Crippen molar-refractivity contribution in [3.05, 3.63) is 0 Å². The highest BCUT2D eigenvalue weighted by Crippen LogP contribution is 2.27. The van der Waals surface area contributed by atoms with Crippen LogP contribution < -0.4 is 10.6 Å². The predicted octanol–water partition coefficient (Wildman–Crippen LogP) is -0.225. The van der Waals surface area contributed by atoms with E-state index in [0.29, 0.717) is 31.2 Å². The Balaban J connectivity index is 1.45. The van der Waals surface area contributed by atoms with Crippen LogP contribution in [-0.2, 0) is 9.59 Å². The fraction of sp³-hybridized carbons (Fsp3) is 0.800. The molecule has 0 bridgehead atoms. The van der Waals surface area contributed by atoms with Gasteiger partial charge >= 0.3 is 6.03 Å². The number of nitrogens with zero attached hydrogens (tertiary/aromatic N) is 2. The Morgan fingerprint density at radius 3 is 2.41 bits per heavy atom. The second kappa shape index (κ2) is 5.53. The van der Waals surface area contributed by atoms with Crippen LogP contribution in [0.15, 0.2) is 0 Å². The van der Waals surface area contributed by atoms with Gasteiger partial charge in [0.2, 0.25) is 5.91 Å². The summed E-state index contributed by atoms with van der Waals surface area (Å²) in [5, 5.41) is 6.00. The molecule has 0 unspecified atom stereocenters. The van der Waals surface area contributed by atoms with E-state index in [-0.39, 0.29) is 17.8 Å². The first kappa shape index (κ1) is 15.3. The van der Waals surface area contributed by atoms with Gasteiger partial charge in [0, 0.05) is 39.1 Å². The Bertz CT molecular complexity index is 493. The summed E-state index contributed by atoms with van der Waals surface area (Å²) in [6.45, 7) is 7.38. The largest absolute Gasteiger partial charge is 0.342 e. The van der Waals surface area contributed by atoms with Crippen LogP contribution in [0, 0.1) is 11.8 Å². The lowest BCUT2D eigenvalue weighted by molar-refractivity contribution is -0.132. The molecular weight excluding hydrogens is 284 g/mol. The Morgan fingerprint density at radius 1 is 1.23 bits per heavy atom. The van der Waals surface area contributed by atoms with Crippen molar-refractivity contribution in [2.75, 3.05) is 32.7 Å². The average molecular weight is 308 g/mol. The minimum atomic E-state index is -0.833. The summed E-state index contributed by atoms with van der Waals surface area (Å²) >= 11 is 0. The van der Waals surface area contributed by atoms with Gasteiger partial charge in [-0.3, -0.25) is 14.5 Å². The molecule has 3 heterocycles. The minimum Gasteiger partial charge on any atom is -0.342 e. The monoisotopic (exact) mass is 308 g/mol. The normalized spacial score (nSPS) is 29.9. The molecule has 22 heavy (non-hydrogen) atoms. The summed E-state index contributed by atoms with van der Waals surface area (Å²) < 4.78 is 0. The highest BCUT2D eigenvalue weighted by atomic mass is 16.2.